The Balaban J connectivity index is 0.00000169. The van der Waals surface area contributed by atoms with Gasteiger partial charge in [-0.05, 0) is 24.1 Å². The molecule has 1 rings (SSSR count). The molecule has 0 aliphatic heterocycles. The van der Waals surface area contributed by atoms with Crippen LogP contribution < -0.4 is 10.5 Å². The van der Waals surface area contributed by atoms with E-state index < -0.39 is 12.7 Å². The van der Waals surface area contributed by atoms with E-state index in [0.717, 1.165) is 16.9 Å². The van der Waals surface area contributed by atoms with Crippen molar-refractivity contribution in [3.63, 3.8) is 0 Å². The van der Waals surface area contributed by atoms with E-state index in [0.29, 0.717) is 0 Å². The molecule has 0 aliphatic carbocycles. The minimum Gasteiger partial charge on any atom is -0.496 e. The standard InChI is InChI=1S/C10H14FNO.ClH/c1-7-3-4-8(9(12)6-11)5-10(7)13-2;/h3-5,9H,6,12H2,1-2H3;1H/t9-;/m0./s1. The van der Waals surface area contributed by atoms with E-state index in [4.69, 9.17) is 10.5 Å². The van der Waals surface area contributed by atoms with Crippen molar-refractivity contribution in [1.82, 2.24) is 0 Å². The number of halogens is 2. The maximum Gasteiger partial charge on any atom is 0.122 e. The molecule has 1 aromatic carbocycles. The summed E-state index contributed by atoms with van der Waals surface area (Å²) in [5.41, 5.74) is 7.33. The van der Waals surface area contributed by atoms with Crippen molar-refractivity contribution in [2.75, 3.05) is 13.8 Å². The van der Waals surface area contributed by atoms with Crippen LogP contribution in [0.3, 0.4) is 0 Å². The largest absolute Gasteiger partial charge is 0.496 e. The molecule has 1 aromatic rings. The van der Waals surface area contributed by atoms with Crippen molar-refractivity contribution in [3.8, 4) is 5.75 Å². The van der Waals surface area contributed by atoms with Crippen LogP contribution in [0.1, 0.15) is 17.2 Å². The van der Waals surface area contributed by atoms with Gasteiger partial charge in [-0.3, -0.25) is 0 Å². The molecule has 0 bridgehead atoms. The van der Waals surface area contributed by atoms with Crippen molar-refractivity contribution in [2.24, 2.45) is 5.73 Å². The zero-order chi connectivity index (χ0) is 9.84. The minimum absolute atomic E-state index is 0. The fraction of sp³-hybridized carbons (Fsp3) is 0.400. The van der Waals surface area contributed by atoms with Crippen molar-refractivity contribution in [2.45, 2.75) is 13.0 Å². The SMILES string of the molecule is COc1cc([C@@H](N)CF)ccc1C.Cl. The van der Waals surface area contributed by atoms with Gasteiger partial charge in [0.1, 0.15) is 12.4 Å². The second-order valence-corrected chi connectivity index (χ2v) is 2.99. The molecule has 0 amide bonds. The molecule has 0 saturated carbocycles. The summed E-state index contributed by atoms with van der Waals surface area (Å²) < 4.78 is 17.3. The molecule has 0 heterocycles. The number of rotatable bonds is 3. The fourth-order valence-electron chi connectivity index (χ4n) is 1.16. The summed E-state index contributed by atoms with van der Waals surface area (Å²) >= 11 is 0. The lowest BCUT2D eigenvalue weighted by Gasteiger charge is -2.10. The Morgan fingerprint density at radius 2 is 2.14 bits per heavy atom. The van der Waals surface area contributed by atoms with Crippen molar-refractivity contribution in [3.05, 3.63) is 29.3 Å². The Morgan fingerprint density at radius 1 is 1.50 bits per heavy atom. The molecule has 2 nitrogen and oxygen atoms in total. The highest BCUT2D eigenvalue weighted by Crippen LogP contribution is 2.22. The van der Waals surface area contributed by atoms with E-state index >= 15 is 0 Å². The van der Waals surface area contributed by atoms with Gasteiger partial charge in [0, 0.05) is 0 Å². The van der Waals surface area contributed by atoms with Gasteiger partial charge in [0.25, 0.3) is 0 Å². The normalized spacial score (nSPS) is 11.7. The lowest BCUT2D eigenvalue weighted by Crippen LogP contribution is -2.12. The molecule has 80 valence electrons. The van der Waals surface area contributed by atoms with Crippen LogP contribution in [0.4, 0.5) is 4.39 Å². The molecule has 0 aromatic heterocycles. The zero-order valence-corrected chi connectivity index (χ0v) is 9.10. The Hall–Kier alpha value is -0.800. The fourth-order valence-corrected chi connectivity index (χ4v) is 1.16. The number of hydrogen-bond donors (Lipinski definition) is 1. The van der Waals surface area contributed by atoms with Crippen LogP contribution in [-0.2, 0) is 0 Å². The first kappa shape index (κ1) is 13.2. The van der Waals surface area contributed by atoms with E-state index in [1.165, 1.54) is 0 Å². The molecule has 2 N–H and O–H groups in total. The third-order valence-electron chi connectivity index (χ3n) is 2.03. The Kier molecular flexibility index (Phi) is 5.50. The molecule has 4 heteroatoms. The number of hydrogen-bond acceptors (Lipinski definition) is 2. The summed E-state index contributed by atoms with van der Waals surface area (Å²) in [7, 11) is 1.59. The molecule has 0 fully saturated rings. The molecule has 0 unspecified atom stereocenters. The maximum atomic E-state index is 12.2. The van der Waals surface area contributed by atoms with Gasteiger partial charge in [-0.15, -0.1) is 12.4 Å². The average Bonchev–Trinajstić information content (AvgIpc) is 2.17. The third-order valence-corrected chi connectivity index (χ3v) is 2.03. The van der Waals surface area contributed by atoms with E-state index in [9.17, 15) is 4.39 Å². The molecule has 0 saturated heterocycles. The summed E-state index contributed by atoms with van der Waals surface area (Å²) in [5.74, 6) is 0.751. The molecule has 0 aliphatic rings. The van der Waals surface area contributed by atoms with Crippen LogP contribution in [0, 0.1) is 6.92 Å². The molecular formula is C10H15ClFNO. The summed E-state index contributed by atoms with van der Waals surface area (Å²) in [6, 6.07) is 4.93. The van der Waals surface area contributed by atoms with E-state index in [1.54, 1.807) is 13.2 Å². The highest BCUT2D eigenvalue weighted by atomic mass is 35.5. The smallest absolute Gasteiger partial charge is 0.122 e. The number of aryl methyl sites for hydroxylation is 1. The Morgan fingerprint density at radius 3 is 2.64 bits per heavy atom. The molecule has 0 radical (unpaired) electrons. The number of nitrogens with two attached hydrogens (primary N) is 1. The summed E-state index contributed by atoms with van der Waals surface area (Å²) in [6.45, 7) is 1.38. The third kappa shape index (κ3) is 2.86. The predicted molar refractivity (Wildman–Crippen MR) is 57.9 cm³/mol. The number of alkyl halides is 1. The Bertz CT molecular complexity index is 293. The van der Waals surface area contributed by atoms with Crippen LogP contribution in [0.5, 0.6) is 5.75 Å². The molecule has 1 atom stereocenters. The Labute approximate surface area is 89.7 Å². The van der Waals surface area contributed by atoms with Crippen LogP contribution in [0.15, 0.2) is 18.2 Å². The van der Waals surface area contributed by atoms with Gasteiger partial charge in [0.15, 0.2) is 0 Å². The lowest BCUT2D eigenvalue weighted by molar-refractivity contribution is 0.407. The summed E-state index contributed by atoms with van der Waals surface area (Å²) in [6.07, 6.45) is 0. The van der Waals surface area contributed by atoms with Crippen LogP contribution >= 0.6 is 12.4 Å². The van der Waals surface area contributed by atoms with Gasteiger partial charge in [-0.25, -0.2) is 4.39 Å². The number of benzene rings is 1. The quantitative estimate of drug-likeness (QED) is 0.848. The van der Waals surface area contributed by atoms with E-state index in [1.807, 2.05) is 19.1 Å². The van der Waals surface area contributed by atoms with Crippen LogP contribution in [0.25, 0.3) is 0 Å². The highest BCUT2D eigenvalue weighted by Gasteiger charge is 2.07. The van der Waals surface area contributed by atoms with E-state index in [-0.39, 0.29) is 12.4 Å². The molecule has 14 heavy (non-hydrogen) atoms. The average molecular weight is 220 g/mol. The zero-order valence-electron chi connectivity index (χ0n) is 8.29. The minimum atomic E-state index is -0.549. The summed E-state index contributed by atoms with van der Waals surface area (Å²) in [4.78, 5) is 0. The van der Waals surface area contributed by atoms with Gasteiger partial charge in [0.05, 0.1) is 13.2 Å². The van der Waals surface area contributed by atoms with Gasteiger partial charge >= 0.3 is 0 Å². The predicted octanol–water partition coefficient (Wildman–Crippen LogP) is 2.39. The van der Waals surface area contributed by atoms with E-state index in [2.05, 4.69) is 0 Å². The van der Waals surface area contributed by atoms with Gasteiger partial charge in [-0.1, -0.05) is 12.1 Å². The highest BCUT2D eigenvalue weighted by molar-refractivity contribution is 5.85. The van der Waals surface area contributed by atoms with Crippen molar-refractivity contribution < 1.29 is 9.13 Å². The van der Waals surface area contributed by atoms with Crippen LogP contribution in [-0.4, -0.2) is 13.8 Å². The maximum absolute atomic E-state index is 12.2. The first-order valence-electron chi connectivity index (χ1n) is 4.15. The number of ether oxygens (including phenoxy) is 1. The second-order valence-electron chi connectivity index (χ2n) is 2.99. The molecular weight excluding hydrogens is 205 g/mol. The number of methoxy groups -OCH3 is 1. The first-order chi connectivity index (χ1) is 6.19. The lowest BCUT2D eigenvalue weighted by atomic mass is 10.1. The van der Waals surface area contributed by atoms with Gasteiger partial charge in [-0.2, -0.15) is 0 Å². The molecule has 0 spiro atoms. The summed E-state index contributed by atoms with van der Waals surface area (Å²) in [5, 5.41) is 0. The van der Waals surface area contributed by atoms with Crippen LogP contribution in [0.2, 0.25) is 0 Å². The topological polar surface area (TPSA) is 35.2 Å². The monoisotopic (exact) mass is 219 g/mol. The van der Waals surface area contributed by atoms with Crippen molar-refractivity contribution >= 4 is 12.4 Å². The van der Waals surface area contributed by atoms with Gasteiger partial charge in [0.2, 0.25) is 0 Å². The first-order valence-corrected chi connectivity index (χ1v) is 4.15. The van der Waals surface area contributed by atoms with Gasteiger partial charge < -0.3 is 10.5 Å². The second kappa shape index (κ2) is 5.83. The van der Waals surface area contributed by atoms with Crippen molar-refractivity contribution in [1.29, 1.82) is 0 Å².